The lowest BCUT2D eigenvalue weighted by Crippen LogP contribution is -2.44. The summed E-state index contributed by atoms with van der Waals surface area (Å²) >= 11 is 0. The van der Waals surface area contributed by atoms with Crippen LogP contribution in [-0.2, 0) is 32.0 Å². The molecule has 6 nitrogen and oxygen atoms in total. The van der Waals surface area contributed by atoms with Crippen LogP contribution >= 0.6 is 0 Å². The van der Waals surface area contributed by atoms with E-state index >= 15 is 0 Å². The lowest BCUT2D eigenvalue weighted by Gasteiger charge is -2.32. The van der Waals surface area contributed by atoms with Gasteiger partial charge in [-0.25, -0.2) is 0 Å². The van der Waals surface area contributed by atoms with Gasteiger partial charge < -0.3 is 14.4 Å². The molecule has 158 valence electrons. The van der Waals surface area contributed by atoms with E-state index in [0.29, 0.717) is 13.0 Å². The highest BCUT2D eigenvalue weighted by molar-refractivity contribution is 5.95. The van der Waals surface area contributed by atoms with Crippen LogP contribution in [0.3, 0.4) is 0 Å². The van der Waals surface area contributed by atoms with Crippen LogP contribution in [0.4, 0.5) is 5.69 Å². The third-order valence-corrected chi connectivity index (χ3v) is 5.57. The van der Waals surface area contributed by atoms with Crippen LogP contribution in [-0.4, -0.2) is 55.7 Å². The molecule has 6 heteroatoms. The van der Waals surface area contributed by atoms with Crippen molar-refractivity contribution in [1.29, 1.82) is 0 Å². The van der Waals surface area contributed by atoms with Gasteiger partial charge in [-0.15, -0.1) is 0 Å². The summed E-state index contributed by atoms with van der Waals surface area (Å²) in [6.07, 6.45) is 1.63. The van der Waals surface area contributed by atoms with E-state index in [-0.39, 0.29) is 31.0 Å². The fraction of sp³-hybridized carbons (Fsp3) is 0.417. The van der Waals surface area contributed by atoms with Crippen molar-refractivity contribution in [1.82, 2.24) is 4.90 Å². The Balaban J connectivity index is 1.22. The number of rotatable bonds is 7. The highest BCUT2D eigenvalue weighted by atomic mass is 16.6. The Hall–Kier alpha value is -2.70. The molecule has 4 rings (SSSR count). The Morgan fingerprint density at radius 2 is 1.83 bits per heavy atom. The van der Waals surface area contributed by atoms with Crippen LogP contribution in [0.15, 0.2) is 54.6 Å². The van der Waals surface area contributed by atoms with E-state index in [9.17, 15) is 9.59 Å². The monoisotopic (exact) mass is 408 g/mol. The van der Waals surface area contributed by atoms with Crippen molar-refractivity contribution in [3.63, 3.8) is 0 Å². The zero-order valence-electron chi connectivity index (χ0n) is 17.2. The first-order valence-corrected chi connectivity index (χ1v) is 10.6. The Morgan fingerprint density at radius 3 is 2.57 bits per heavy atom. The summed E-state index contributed by atoms with van der Waals surface area (Å²) in [7, 11) is 0. The molecule has 0 aromatic heterocycles. The topological polar surface area (TPSA) is 59.1 Å². The summed E-state index contributed by atoms with van der Waals surface area (Å²) in [6.45, 7) is 4.19. The third kappa shape index (κ3) is 5.46. The molecule has 0 aliphatic carbocycles. The van der Waals surface area contributed by atoms with E-state index in [0.717, 1.165) is 43.9 Å². The number of morpholine rings is 1. The maximum Gasteiger partial charge on any atom is 0.310 e. The molecule has 2 aromatic rings. The van der Waals surface area contributed by atoms with E-state index in [1.54, 1.807) is 4.90 Å². The largest absolute Gasteiger partial charge is 0.463 e. The minimum Gasteiger partial charge on any atom is -0.463 e. The van der Waals surface area contributed by atoms with Gasteiger partial charge in [0.25, 0.3) is 0 Å². The second-order valence-corrected chi connectivity index (χ2v) is 7.89. The molecule has 2 fully saturated rings. The van der Waals surface area contributed by atoms with Gasteiger partial charge in [-0.3, -0.25) is 14.5 Å². The number of carbonyl (C=O) groups is 2. The molecule has 2 saturated heterocycles. The summed E-state index contributed by atoms with van der Waals surface area (Å²) < 4.78 is 11.2. The number of carbonyl (C=O) groups excluding carboxylic acids is 2. The number of esters is 1. The molecule has 0 radical (unpaired) electrons. The molecule has 1 amide bonds. The molecule has 2 aliphatic heterocycles. The minimum atomic E-state index is -0.260. The molecule has 0 bridgehead atoms. The van der Waals surface area contributed by atoms with Crippen molar-refractivity contribution in [2.45, 2.75) is 31.9 Å². The standard InChI is InChI=1S/C24H28N2O4/c27-23-7-4-12-26(23)21-10-8-19(9-11-21)15-24(28)30-18-22-17-25(13-14-29-22)16-20-5-2-1-3-6-20/h1-3,5-6,8-11,22H,4,7,12-18H2. The number of anilines is 1. The van der Waals surface area contributed by atoms with E-state index < -0.39 is 0 Å². The number of hydrogen-bond acceptors (Lipinski definition) is 5. The molecule has 30 heavy (non-hydrogen) atoms. The Morgan fingerprint density at radius 1 is 1.03 bits per heavy atom. The maximum absolute atomic E-state index is 12.3. The number of ether oxygens (including phenoxy) is 2. The van der Waals surface area contributed by atoms with Crippen LogP contribution in [0, 0.1) is 0 Å². The van der Waals surface area contributed by atoms with Crippen molar-refractivity contribution < 1.29 is 19.1 Å². The first kappa shape index (κ1) is 20.6. The average molecular weight is 408 g/mol. The highest BCUT2D eigenvalue weighted by Gasteiger charge is 2.23. The first-order valence-electron chi connectivity index (χ1n) is 10.6. The number of benzene rings is 2. The quantitative estimate of drug-likeness (QED) is 0.660. The van der Waals surface area contributed by atoms with E-state index in [1.165, 1.54) is 5.56 Å². The highest BCUT2D eigenvalue weighted by Crippen LogP contribution is 2.22. The van der Waals surface area contributed by atoms with E-state index in [1.807, 2.05) is 42.5 Å². The van der Waals surface area contributed by atoms with Gasteiger partial charge in [-0.1, -0.05) is 42.5 Å². The van der Waals surface area contributed by atoms with Crippen molar-refractivity contribution in [2.24, 2.45) is 0 Å². The van der Waals surface area contributed by atoms with Crippen molar-refractivity contribution in [2.75, 3.05) is 37.7 Å². The summed E-state index contributed by atoms with van der Waals surface area (Å²) in [4.78, 5) is 28.2. The van der Waals surface area contributed by atoms with Gasteiger partial charge in [0.05, 0.1) is 13.0 Å². The predicted octanol–water partition coefficient (Wildman–Crippen LogP) is 2.80. The van der Waals surface area contributed by atoms with Crippen LogP contribution in [0.2, 0.25) is 0 Å². The molecule has 0 spiro atoms. The van der Waals surface area contributed by atoms with Gasteiger partial charge >= 0.3 is 5.97 Å². The molecule has 2 aliphatic rings. The van der Waals surface area contributed by atoms with Gasteiger partial charge in [0.2, 0.25) is 5.91 Å². The maximum atomic E-state index is 12.3. The summed E-state index contributed by atoms with van der Waals surface area (Å²) in [5.74, 6) is -0.0975. The van der Waals surface area contributed by atoms with Crippen LogP contribution in [0.5, 0.6) is 0 Å². The fourth-order valence-electron chi connectivity index (χ4n) is 3.98. The number of hydrogen-bond donors (Lipinski definition) is 0. The van der Waals surface area contributed by atoms with Crippen molar-refractivity contribution in [3.8, 4) is 0 Å². The Kier molecular flexibility index (Phi) is 6.77. The smallest absolute Gasteiger partial charge is 0.310 e. The van der Waals surface area contributed by atoms with Crippen molar-refractivity contribution >= 4 is 17.6 Å². The summed E-state index contributed by atoms with van der Waals surface area (Å²) in [6, 6.07) is 17.9. The van der Waals surface area contributed by atoms with Crippen LogP contribution in [0.25, 0.3) is 0 Å². The normalized spacial score (nSPS) is 19.8. The van der Waals surface area contributed by atoms with Crippen molar-refractivity contribution in [3.05, 3.63) is 65.7 Å². The molecule has 2 aromatic carbocycles. The van der Waals surface area contributed by atoms with Crippen LogP contribution < -0.4 is 4.90 Å². The molecule has 1 atom stereocenters. The van der Waals surface area contributed by atoms with Crippen LogP contribution in [0.1, 0.15) is 24.0 Å². The average Bonchev–Trinajstić information content (AvgIpc) is 3.20. The molecular weight excluding hydrogens is 380 g/mol. The second-order valence-electron chi connectivity index (χ2n) is 7.89. The predicted molar refractivity (Wildman–Crippen MR) is 114 cm³/mol. The number of amides is 1. The zero-order chi connectivity index (χ0) is 20.8. The first-order chi connectivity index (χ1) is 14.7. The molecule has 0 saturated carbocycles. The van der Waals surface area contributed by atoms with Gasteiger partial charge in [-0.05, 0) is 29.7 Å². The van der Waals surface area contributed by atoms with Gasteiger partial charge in [-0.2, -0.15) is 0 Å². The molecule has 0 N–H and O–H groups in total. The molecular formula is C24H28N2O4. The summed E-state index contributed by atoms with van der Waals surface area (Å²) in [5.41, 5.74) is 3.05. The van der Waals surface area contributed by atoms with Gasteiger partial charge in [0.15, 0.2) is 0 Å². The fourth-order valence-corrected chi connectivity index (χ4v) is 3.98. The third-order valence-electron chi connectivity index (χ3n) is 5.57. The van der Waals surface area contributed by atoms with Gasteiger partial charge in [0, 0.05) is 38.3 Å². The number of nitrogens with zero attached hydrogens (tertiary/aromatic N) is 2. The lowest BCUT2D eigenvalue weighted by molar-refractivity contribution is -0.149. The Labute approximate surface area is 177 Å². The Bertz CT molecular complexity index is 853. The van der Waals surface area contributed by atoms with E-state index in [4.69, 9.17) is 9.47 Å². The lowest BCUT2D eigenvalue weighted by atomic mass is 10.1. The molecule has 2 heterocycles. The SMILES string of the molecule is O=C(Cc1ccc(N2CCCC2=O)cc1)OCC1CN(Cc2ccccc2)CCO1. The molecule has 1 unspecified atom stereocenters. The zero-order valence-corrected chi connectivity index (χ0v) is 17.2. The van der Waals surface area contributed by atoms with Gasteiger partial charge in [0.1, 0.15) is 12.7 Å². The second kappa shape index (κ2) is 9.87. The minimum absolute atomic E-state index is 0.102. The van der Waals surface area contributed by atoms with E-state index in [2.05, 4.69) is 17.0 Å². The summed E-state index contributed by atoms with van der Waals surface area (Å²) in [5, 5.41) is 0.